The maximum absolute atomic E-state index is 6.22. The maximum Gasteiger partial charge on any atom is 0.179 e. The van der Waals surface area contributed by atoms with E-state index < -0.39 is 0 Å². The summed E-state index contributed by atoms with van der Waals surface area (Å²) in [4.78, 5) is 0. The van der Waals surface area contributed by atoms with Crippen molar-refractivity contribution < 1.29 is 9.47 Å². The number of benzene rings is 1. The Balaban J connectivity index is 2.04. The van der Waals surface area contributed by atoms with Gasteiger partial charge in [0.05, 0.1) is 10.7 Å². The van der Waals surface area contributed by atoms with Crippen LogP contribution in [0.2, 0.25) is 5.02 Å². The van der Waals surface area contributed by atoms with Crippen molar-refractivity contribution in [3.63, 3.8) is 0 Å². The average molecular weight is 280 g/mol. The molecule has 0 aromatic heterocycles. The molecule has 19 heavy (non-hydrogen) atoms. The molecule has 0 spiro atoms. The van der Waals surface area contributed by atoms with Gasteiger partial charge in [0.2, 0.25) is 0 Å². The second kappa shape index (κ2) is 4.74. The minimum absolute atomic E-state index is 0.205. The molecular formula is C13H14ClN3O2. The Morgan fingerprint density at radius 3 is 2.84 bits per heavy atom. The van der Waals surface area contributed by atoms with E-state index in [-0.39, 0.29) is 5.92 Å². The van der Waals surface area contributed by atoms with Gasteiger partial charge in [0.1, 0.15) is 19.0 Å². The average Bonchev–Trinajstić information content (AvgIpc) is 2.38. The summed E-state index contributed by atoms with van der Waals surface area (Å²) in [6, 6.07) is 3.73. The summed E-state index contributed by atoms with van der Waals surface area (Å²) in [5.41, 5.74) is 7.45. The second-order valence-electron chi connectivity index (χ2n) is 4.66. The lowest BCUT2D eigenvalue weighted by Gasteiger charge is -2.22. The summed E-state index contributed by atoms with van der Waals surface area (Å²) in [6.07, 6.45) is 0.699. The van der Waals surface area contributed by atoms with Crippen LogP contribution in [0.5, 0.6) is 11.5 Å². The molecule has 2 aliphatic rings. The van der Waals surface area contributed by atoms with Crippen LogP contribution in [0, 0.1) is 5.92 Å². The van der Waals surface area contributed by atoms with Crippen LogP contribution in [0.4, 0.5) is 0 Å². The van der Waals surface area contributed by atoms with Gasteiger partial charge in [0, 0.05) is 17.9 Å². The maximum atomic E-state index is 6.22. The largest absolute Gasteiger partial charge is 0.486 e. The predicted octanol–water partition coefficient (Wildman–Crippen LogP) is 2.21. The van der Waals surface area contributed by atoms with Crippen molar-refractivity contribution in [2.45, 2.75) is 13.3 Å². The molecule has 2 heterocycles. The van der Waals surface area contributed by atoms with Crippen molar-refractivity contribution in [2.75, 3.05) is 13.2 Å². The van der Waals surface area contributed by atoms with Gasteiger partial charge in [-0.2, -0.15) is 5.10 Å². The molecule has 0 saturated heterocycles. The third-order valence-corrected chi connectivity index (χ3v) is 3.44. The van der Waals surface area contributed by atoms with E-state index in [1.807, 2.05) is 12.1 Å². The highest BCUT2D eigenvalue weighted by molar-refractivity contribution is 6.32. The number of ether oxygens (including phenoxy) is 2. The summed E-state index contributed by atoms with van der Waals surface area (Å²) in [7, 11) is 0. The Bertz CT molecular complexity index is 583. The highest BCUT2D eigenvalue weighted by Crippen LogP contribution is 2.39. The molecule has 0 saturated carbocycles. The fraction of sp³-hybridized carbons (Fsp3) is 0.385. The topological polar surface area (TPSA) is 69.2 Å². The van der Waals surface area contributed by atoms with Crippen LogP contribution in [-0.2, 0) is 0 Å². The number of amidine groups is 1. The van der Waals surface area contributed by atoms with Crippen molar-refractivity contribution in [1.82, 2.24) is 0 Å². The van der Waals surface area contributed by atoms with Gasteiger partial charge in [-0.05, 0) is 12.1 Å². The molecule has 1 aromatic rings. The van der Waals surface area contributed by atoms with Gasteiger partial charge in [0.15, 0.2) is 11.5 Å². The Hall–Kier alpha value is -1.75. The van der Waals surface area contributed by atoms with Crippen LogP contribution in [0.1, 0.15) is 18.9 Å². The standard InChI is InChI=1S/C13H14ClN3O2/c1-7-4-11(15)16-17-12(7)8-5-9(14)13-10(6-8)18-2-3-19-13/h5-7H,2-4H2,1H3,(H2,15,16). The van der Waals surface area contributed by atoms with Gasteiger partial charge in [-0.25, -0.2) is 0 Å². The van der Waals surface area contributed by atoms with Crippen molar-refractivity contribution >= 4 is 23.1 Å². The molecule has 0 aliphatic carbocycles. The minimum atomic E-state index is 0.205. The third-order valence-electron chi connectivity index (χ3n) is 3.16. The molecule has 6 heteroatoms. The first-order chi connectivity index (χ1) is 9.15. The highest BCUT2D eigenvalue weighted by Gasteiger charge is 2.23. The van der Waals surface area contributed by atoms with Gasteiger partial charge in [-0.1, -0.05) is 18.5 Å². The van der Waals surface area contributed by atoms with Crippen molar-refractivity contribution in [2.24, 2.45) is 21.9 Å². The molecule has 5 nitrogen and oxygen atoms in total. The van der Waals surface area contributed by atoms with E-state index in [0.29, 0.717) is 42.0 Å². The van der Waals surface area contributed by atoms with E-state index in [2.05, 4.69) is 17.1 Å². The van der Waals surface area contributed by atoms with E-state index in [1.54, 1.807) is 0 Å². The molecule has 100 valence electrons. The van der Waals surface area contributed by atoms with Gasteiger partial charge in [0.25, 0.3) is 0 Å². The predicted molar refractivity (Wildman–Crippen MR) is 74.4 cm³/mol. The summed E-state index contributed by atoms with van der Waals surface area (Å²) in [5, 5.41) is 8.66. The Labute approximate surface area is 116 Å². The van der Waals surface area contributed by atoms with E-state index in [1.165, 1.54) is 0 Å². The molecule has 0 fully saturated rings. The van der Waals surface area contributed by atoms with Crippen LogP contribution < -0.4 is 15.2 Å². The van der Waals surface area contributed by atoms with Gasteiger partial charge < -0.3 is 15.2 Å². The van der Waals surface area contributed by atoms with Gasteiger partial charge in [-0.3, -0.25) is 0 Å². The summed E-state index contributed by atoms with van der Waals surface area (Å²) < 4.78 is 11.1. The highest BCUT2D eigenvalue weighted by atomic mass is 35.5. The fourth-order valence-corrected chi connectivity index (χ4v) is 2.53. The Morgan fingerprint density at radius 2 is 2.05 bits per heavy atom. The van der Waals surface area contributed by atoms with E-state index in [4.69, 9.17) is 26.8 Å². The van der Waals surface area contributed by atoms with Crippen LogP contribution in [-0.4, -0.2) is 24.8 Å². The first-order valence-corrected chi connectivity index (χ1v) is 6.52. The molecule has 2 N–H and O–H groups in total. The van der Waals surface area contributed by atoms with Crippen molar-refractivity contribution in [3.05, 3.63) is 22.7 Å². The SMILES string of the molecule is CC1CC(N)=NN=C1c1cc(Cl)c2c(c1)OCCO2. The fourth-order valence-electron chi connectivity index (χ4n) is 2.27. The molecular weight excluding hydrogens is 266 g/mol. The van der Waals surface area contributed by atoms with E-state index in [9.17, 15) is 0 Å². The number of hydrogen-bond donors (Lipinski definition) is 1. The molecule has 1 aromatic carbocycles. The van der Waals surface area contributed by atoms with Gasteiger partial charge >= 0.3 is 0 Å². The molecule has 0 bridgehead atoms. The molecule has 0 amide bonds. The van der Waals surface area contributed by atoms with Crippen LogP contribution in [0.15, 0.2) is 22.3 Å². The molecule has 1 atom stereocenters. The lowest BCUT2D eigenvalue weighted by molar-refractivity contribution is 0.171. The Kier molecular flexibility index (Phi) is 3.06. The molecule has 1 unspecified atom stereocenters. The number of halogens is 1. The zero-order chi connectivity index (χ0) is 13.4. The van der Waals surface area contributed by atoms with Gasteiger partial charge in [-0.15, -0.1) is 5.10 Å². The number of hydrogen-bond acceptors (Lipinski definition) is 5. The second-order valence-corrected chi connectivity index (χ2v) is 5.07. The smallest absolute Gasteiger partial charge is 0.179 e. The third kappa shape index (κ3) is 2.26. The lowest BCUT2D eigenvalue weighted by Crippen LogP contribution is -2.25. The Morgan fingerprint density at radius 1 is 1.26 bits per heavy atom. The minimum Gasteiger partial charge on any atom is -0.486 e. The van der Waals surface area contributed by atoms with Crippen LogP contribution >= 0.6 is 11.6 Å². The summed E-state index contributed by atoms with van der Waals surface area (Å²) in [6.45, 7) is 3.11. The number of rotatable bonds is 1. The van der Waals surface area contributed by atoms with E-state index >= 15 is 0 Å². The summed E-state index contributed by atoms with van der Waals surface area (Å²) >= 11 is 6.22. The first kappa shape index (κ1) is 12.3. The normalized spacial score (nSPS) is 21.7. The molecule has 3 rings (SSSR count). The monoisotopic (exact) mass is 279 g/mol. The van der Waals surface area contributed by atoms with Crippen LogP contribution in [0.25, 0.3) is 0 Å². The van der Waals surface area contributed by atoms with Crippen LogP contribution in [0.3, 0.4) is 0 Å². The molecule has 0 radical (unpaired) electrons. The number of nitrogens with zero attached hydrogens (tertiary/aromatic N) is 2. The molecule has 2 aliphatic heterocycles. The van der Waals surface area contributed by atoms with E-state index in [0.717, 1.165) is 11.3 Å². The first-order valence-electron chi connectivity index (χ1n) is 6.14. The zero-order valence-corrected chi connectivity index (χ0v) is 11.3. The number of fused-ring (bicyclic) bond motifs is 1. The number of nitrogens with two attached hydrogens (primary N) is 1. The van der Waals surface area contributed by atoms with Crippen molar-refractivity contribution in [1.29, 1.82) is 0 Å². The summed E-state index contributed by atoms with van der Waals surface area (Å²) in [5.74, 6) is 2.02. The zero-order valence-electron chi connectivity index (χ0n) is 10.5. The van der Waals surface area contributed by atoms with Crippen molar-refractivity contribution in [3.8, 4) is 11.5 Å². The lowest BCUT2D eigenvalue weighted by atomic mass is 9.94. The quantitative estimate of drug-likeness (QED) is 0.857.